The molecule has 102 valence electrons. The molecule has 1 heterocycles. The third-order valence-corrected chi connectivity index (χ3v) is 5.18. The summed E-state index contributed by atoms with van der Waals surface area (Å²) in [4.78, 5) is 13.5. The van der Waals surface area contributed by atoms with Crippen molar-refractivity contribution in [1.29, 1.82) is 0 Å². The highest BCUT2D eigenvalue weighted by Gasteiger charge is 2.27. The molecule has 0 spiro atoms. The van der Waals surface area contributed by atoms with Crippen LogP contribution in [0.3, 0.4) is 0 Å². The van der Waals surface area contributed by atoms with E-state index in [9.17, 15) is 4.79 Å². The molecular weight excluding hydrogens is 313 g/mol. The van der Waals surface area contributed by atoms with Crippen molar-refractivity contribution in [2.45, 2.75) is 16.6 Å². The molecule has 0 saturated heterocycles. The number of benzene rings is 2. The van der Waals surface area contributed by atoms with Gasteiger partial charge in [0.05, 0.1) is 15.3 Å². The summed E-state index contributed by atoms with van der Waals surface area (Å²) in [6, 6.07) is 13.2. The Bertz CT molecular complexity index is 650. The van der Waals surface area contributed by atoms with Crippen LogP contribution in [0.25, 0.3) is 0 Å². The largest absolute Gasteiger partial charge is 0.325 e. The van der Waals surface area contributed by atoms with E-state index in [2.05, 4.69) is 11.4 Å². The maximum absolute atomic E-state index is 12.3. The summed E-state index contributed by atoms with van der Waals surface area (Å²) in [5.41, 5.74) is 1.90. The monoisotopic (exact) mass is 323 g/mol. The maximum atomic E-state index is 12.3. The average molecular weight is 324 g/mol. The lowest BCUT2D eigenvalue weighted by molar-refractivity contribution is -0.115. The van der Waals surface area contributed by atoms with Gasteiger partial charge in [0, 0.05) is 10.6 Å². The number of carbonyl (C=O) groups excluding carboxylic acids is 1. The van der Waals surface area contributed by atoms with E-state index < -0.39 is 0 Å². The molecule has 2 aromatic carbocycles. The Balaban J connectivity index is 1.71. The number of rotatable bonds is 2. The van der Waals surface area contributed by atoms with Gasteiger partial charge in [-0.15, -0.1) is 11.8 Å². The smallest absolute Gasteiger partial charge is 0.238 e. The quantitative estimate of drug-likeness (QED) is 0.871. The van der Waals surface area contributed by atoms with Crippen LogP contribution in [-0.2, 0) is 11.2 Å². The molecule has 2 nitrogen and oxygen atoms in total. The van der Waals surface area contributed by atoms with Crippen molar-refractivity contribution in [3.8, 4) is 0 Å². The number of hydrogen-bond donors (Lipinski definition) is 1. The molecule has 20 heavy (non-hydrogen) atoms. The molecular formula is C15H11Cl2NOS. The third-order valence-electron chi connectivity index (χ3n) is 3.13. The van der Waals surface area contributed by atoms with Crippen molar-refractivity contribution in [3.05, 3.63) is 58.1 Å². The van der Waals surface area contributed by atoms with Crippen LogP contribution >= 0.6 is 35.0 Å². The first-order valence-corrected chi connectivity index (χ1v) is 7.77. The molecule has 1 N–H and O–H groups in total. The van der Waals surface area contributed by atoms with Gasteiger partial charge >= 0.3 is 0 Å². The Kier molecular flexibility index (Phi) is 3.92. The summed E-state index contributed by atoms with van der Waals surface area (Å²) < 4.78 is 0. The fraction of sp³-hybridized carbons (Fsp3) is 0.133. The predicted octanol–water partition coefficient (Wildman–Crippen LogP) is 4.65. The summed E-state index contributed by atoms with van der Waals surface area (Å²) in [6.45, 7) is 0. The van der Waals surface area contributed by atoms with Crippen molar-refractivity contribution in [1.82, 2.24) is 0 Å². The summed E-state index contributed by atoms with van der Waals surface area (Å²) in [7, 11) is 0. The van der Waals surface area contributed by atoms with Gasteiger partial charge in [-0.3, -0.25) is 4.79 Å². The van der Waals surface area contributed by atoms with Crippen molar-refractivity contribution < 1.29 is 4.79 Å². The normalized spacial score (nSPS) is 16.8. The number of nitrogens with one attached hydrogen (secondary N) is 1. The Morgan fingerprint density at radius 2 is 1.95 bits per heavy atom. The minimum absolute atomic E-state index is 0.00964. The number of anilines is 1. The van der Waals surface area contributed by atoms with Crippen molar-refractivity contribution >= 4 is 46.6 Å². The molecule has 0 fully saturated rings. The minimum atomic E-state index is -0.0955. The molecule has 0 aromatic heterocycles. The van der Waals surface area contributed by atoms with Crippen molar-refractivity contribution in [2.24, 2.45) is 0 Å². The second-order valence-corrected chi connectivity index (χ2v) is 6.60. The highest BCUT2D eigenvalue weighted by Crippen LogP contribution is 2.37. The summed E-state index contributed by atoms with van der Waals surface area (Å²) >= 11 is 13.4. The zero-order chi connectivity index (χ0) is 14.1. The number of thioether (sulfide) groups is 1. The SMILES string of the molecule is O=C(Nc1ccc(Cl)c(Cl)c1)C1Cc2ccccc2S1. The lowest BCUT2D eigenvalue weighted by Gasteiger charge is -2.10. The Morgan fingerprint density at radius 1 is 1.15 bits per heavy atom. The molecule has 5 heteroatoms. The van der Waals surface area contributed by atoms with Gasteiger partial charge in [-0.2, -0.15) is 0 Å². The van der Waals surface area contributed by atoms with Gasteiger partial charge in [0.1, 0.15) is 0 Å². The van der Waals surface area contributed by atoms with Gasteiger partial charge in [-0.25, -0.2) is 0 Å². The summed E-state index contributed by atoms with van der Waals surface area (Å²) in [6.07, 6.45) is 0.758. The van der Waals surface area contributed by atoms with Crippen LogP contribution in [0.1, 0.15) is 5.56 Å². The van der Waals surface area contributed by atoms with Crippen molar-refractivity contribution in [2.75, 3.05) is 5.32 Å². The second kappa shape index (κ2) is 5.68. The van der Waals surface area contributed by atoms with E-state index in [0.717, 1.165) is 6.42 Å². The Labute approximate surface area is 131 Å². The van der Waals surface area contributed by atoms with E-state index in [1.165, 1.54) is 10.5 Å². The van der Waals surface area contributed by atoms with Gasteiger partial charge in [-0.1, -0.05) is 41.4 Å². The average Bonchev–Trinajstić information content (AvgIpc) is 2.87. The molecule has 1 unspecified atom stereocenters. The predicted molar refractivity (Wildman–Crippen MR) is 84.9 cm³/mol. The zero-order valence-electron chi connectivity index (χ0n) is 10.4. The van der Waals surface area contributed by atoms with Crippen molar-refractivity contribution in [3.63, 3.8) is 0 Å². The van der Waals surface area contributed by atoms with Crippen LogP contribution in [0.2, 0.25) is 10.0 Å². The summed E-state index contributed by atoms with van der Waals surface area (Å²) in [5, 5.41) is 3.70. The van der Waals surface area contributed by atoms with E-state index >= 15 is 0 Å². The lowest BCUT2D eigenvalue weighted by Crippen LogP contribution is -2.24. The zero-order valence-corrected chi connectivity index (χ0v) is 12.7. The van der Waals surface area contributed by atoms with E-state index in [0.29, 0.717) is 15.7 Å². The molecule has 1 aliphatic rings. The number of fused-ring (bicyclic) bond motifs is 1. The van der Waals surface area contributed by atoms with Gasteiger partial charge in [-0.05, 0) is 36.2 Å². The van der Waals surface area contributed by atoms with E-state index in [-0.39, 0.29) is 11.2 Å². The van der Waals surface area contributed by atoms with E-state index in [1.807, 2.05) is 18.2 Å². The number of halogens is 2. The van der Waals surface area contributed by atoms with Crippen LogP contribution < -0.4 is 5.32 Å². The molecule has 0 radical (unpaired) electrons. The van der Waals surface area contributed by atoms with Crippen LogP contribution in [0.5, 0.6) is 0 Å². The van der Waals surface area contributed by atoms with Crippen LogP contribution in [0, 0.1) is 0 Å². The first-order valence-electron chi connectivity index (χ1n) is 6.14. The van der Waals surface area contributed by atoms with E-state index in [1.54, 1.807) is 30.0 Å². The topological polar surface area (TPSA) is 29.1 Å². The Hall–Kier alpha value is -1.16. The van der Waals surface area contributed by atoms with E-state index in [4.69, 9.17) is 23.2 Å². The first kappa shape index (κ1) is 13.8. The number of amides is 1. The lowest BCUT2D eigenvalue weighted by atomic mass is 10.1. The Morgan fingerprint density at radius 3 is 2.70 bits per heavy atom. The minimum Gasteiger partial charge on any atom is -0.325 e. The van der Waals surface area contributed by atoms with Gasteiger partial charge in [0.2, 0.25) is 5.91 Å². The number of hydrogen-bond acceptors (Lipinski definition) is 2. The molecule has 1 aliphatic heterocycles. The molecule has 0 saturated carbocycles. The highest BCUT2D eigenvalue weighted by molar-refractivity contribution is 8.01. The van der Waals surface area contributed by atoms with Crippen LogP contribution in [0.4, 0.5) is 5.69 Å². The standard InChI is InChI=1S/C15H11Cl2NOS/c16-11-6-5-10(8-12(11)17)18-15(19)14-7-9-3-1-2-4-13(9)20-14/h1-6,8,14H,7H2,(H,18,19). The van der Waals surface area contributed by atoms with Gasteiger partial charge in [0.15, 0.2) is 0 Å². The highest BCUT2D eigenvalue weighted by atomic mass is 35.5. The molecule has 0 bridgehead atoms. The molecule has 3 rings (SSSR count). The fourth-order valence-electron chi connectivity index (χ4n) is 2.12. The molecule has 1 atom stereocenters. The van der Waals surface area contributed by atoms with Gasteiger partial charge < -0.3 is 5.32 Å². The maximum Gasteiger partial charge on any atom is 0.238 e. The molecule has 0 aliphatic carbocycles. The summed E-state index contributed by atoms with van der Waals surface area (Å²) in [5.74, 6) is -0.00964. The first-order chi connectivity index (χ1) is 9.63. The molecule has 2 aromatic rings. The van der Waals surface area contributed by atoms with Crippen LogP contribution in [0.15, 0.2) is 47.4 Å². The third kappa shape index (κ3) is 2.80. The van der Waals surface area contributed by atoms with Gasteiger partial charge in [0.25, 0.3) is 0 Å². The van der Waals surface area contributed by atoms with Crippen LogP contribution in [-0.4, -0.2) is 11.2 Å². The molecule has 1 amide bonds. The fourth-order valence-corrected chi connectivity index (χ4v) is 3.62. The second-order valence-electron chi connectivity index (χ2n) is 4.54. The number of carbonyl (C=O) groups is 1.